The average molecular weight is 591 g/mol. The summed E-state index contributed by atoms with van der Waals surface area (Å²) in [5, 5.41) is 6.87. The zero-order valence-electron chi connectivity index (χ0n) is 26.8. The van der Waals surface area contributed by atoms with Crippen LogP contribution in [0.2, 0.25) is 0 Å². The highest BCUT2D eigenvalue weighted by molar-refractivity contribution is 5.83. The zero-order chi connectivity index (χ0) is 31.1. The number of nitrogens with zero attached hydrogens (tertiary/aromatic N) is 6. The van der Waals surface area contributed by atoms with Gasteiger partial charge in [0.1, 0.15) is 5.82 Å². The summed E-state index contributed by atoms with van der Waals surface area (Å²) in [6, 6.07) is 26.9. The first-order valence-corrected chi connectivity index (χ1v) is 15.3. The highest BCUT2D eigenvalue weighted by Gasteiger charge is 2.17. The van der Waals surface area contributed by atoms with Gasteiger partial charge >= 0.3 is 0 Å². The van der Waals surface area contributed by atoms with E-state index in [1.54, 1.807) is 0 Å². The van der Waals surface area contributed by atoms with E-state index in [9.17, 15) is 0 Å². The van der Waals surface area contributed by atoms with Gasteiger partial charge < -0.3 is 20.4 Å². The van der Waals surface area contributed by atoms with Gasteiger partial charge in [-0.2, -0.15) is 0 Å². The molecule has 0 aliphatic carbocycles. The van der Waals surface area contributed by atoms with Crippen molar-refractivity contribution in [2.45, 2.75) is 19.4 Å². The normalized spacial score (nSPS) is 11.8. The summed E-state index contributed by atoms with van der Waals surface area (Å²) in [7, 11) is 10.3. The molecular formula is C36H46N8. The number of hydrogen-bond donors (Lipinski definition) is 2. The Kier molecular flexibility index (Phi) is 12.7. The van der Waals surface area contributed by atoms with Gasteiger partial charge in [-0.3, -0.25) is 9.98 Å². The third-order valence-corrected chi connectivity index (χ3v) is 7.02. The van der Waals surface area contributed by atoms with E-state index in [-0.39, 0.29) is 0 Å². The molecule has 0 amide bonds. The van der Waals surface area contributed by atoms with Crippen LogP contribution in [0.15, 0.2) is 88.8 Å². The number of anilines is 2. The maximum absolute atomic E-state index is 5.13. The molecule has 3 aromatic carbocycles. The van der Waals surface area contributed by atoms with Crippen LogP contribution >= 0.6 is 0 Å². The number of rotatable bonds is 16. The predicted molar refractivity (Wildman–Crippen MR) is 187 cm³/mol. The Bertz CT molecular complexity index is 1480. The summed E-state index contributed by atoms with van der Waals surface area (Å²) in [6.07, 6.45) is 5.98. The van der Waals surface area contributed by atoms with Gasteiger partial charge in [0.05, 0.1) is 5.69 Å². The van der Waals surface area contributed by atoms with Crippen LogP contribution in [0.3, 0.4) is 0 Å². The van der Waals surface area contributed by atoms with Crippen molar-refractivity contribution in [2.75, 3.05) is 66.7 Å². The average Bonchev–Trinajstić information content (AvgIpc) is 3.02. The number of aliphatic imine (C=N–C) groups is 2. The van der Waals surface area contributed by atoms with Gasteiger partial charge in [0.2, 0.25) is 0 Å². The summed E-state index contributed by atoms with van der Waals surface area (Å²) in [5.41, 5.74) is 6.99. The minimum absolute atomic E-state index is 0.614. The van der Waals surface area contributed by atoms with Crippen molar-refractivity contribution in [3.63, 3.8) is 0 Å². The van der Waals surface area contributed by atoms with Gasteiger partial charge in [-0.25, -0.2) is 9.97 Å². The number of nitrogens with one attached hydrogen (secondary N) is 2. The van der Waals surface area contributed by atoms with E-state index in [0.29, 0.717) is 12.4 Å². The molecule has 8 heteroatoms. The van der Waals surface area contributed by atoms with Gasteiger partial charge in [0.25, 0.3) is 0 Å². The standard InChI is InChI=1S/C36H46N8/c1-37-27-33-34(30-17-13-28(14-18-30)25-38-21-9-23-43(2)3)41-35(42-36(33)40-32-11-7-6-8-12-32)31-19-15-29(16-20-31)26-39-22-10-24-44(4)5/h6-8,11-20,25-26,37H,9-10,21-24,27H2,1-5H3,(H,40,41,42)/b38-25-,39-26+. The van der Waals surface area contributed by atoms with Crippen LogP contribution < -0.4 is 10.6 Å². The smallest absolute Gasteiger partial charge is 0.162 e. The molecule has 8 nitrogen and oxygen atoms in total. The Hall–Kier alpha value is -4.24. The van der Waals surface area contributed by atoms with Crippen molar-refractivity contribution in [1.29, 1.82) is 0 Å². The first-order chi connectivity index (χ1) is 21.4. The van der Waals surface area contributed by atoms with Crippen LogP contribution in [0, 0.1) is 0 Å². The monoisotopic (exact) mass is 590 g/mol. The molecular weight excluding hydrogens is 544 g/mol. The third kappa shape index (κ3) is 10.2. The predicted octanol–water partition coefficient (Wildman–Crippen LogP) is 6.01. The van der Waals surface area contributed by atoms with Gasteiger partial charge in [-0.05, 0) is 84.4 Å². The quantitative estimate of drug-likeness (QED) is 0.123. The number of para-hydroxylation sites is 1. The maximum Gasteiger partial charge on any atom is 0.162 e. The summed E-state index contributed by atoms with van der Waals surface area (Å²) >= 11 is 0. The number of hydrogen-bond acceptors (Lipinski definition) is 8. The first kappa shape index (κ1) is 32.7. The van der Waals surface area contributed by atoms with Crippen molar-refractivity contribution in [3.05, 3.63) is 95.6 Å². The fourth-order valence-electron chi connectivity index (χ4n) is 4.70. The molecule has 1 heterocycles. The van der Waals surface area contributed by atoms with Gasteiger partial charge in [-0.15, -0.1) is 0 Å². The largest absolute Gasteiger partial charge is 0.340 e. The molecule has 0 saturated carbocycles. The van der Waals surface area contributed by atoms with Crippen LogP contribution in [-0.2, 0) is 6.54 Å². The molecule has 0 aliphatic heterocycles. The molecule has 4 rings (SSSR count). The molecule has 4 aromatic rings. The van der Waals surface area contributed by atoms with E-state index in [4.69, 9.17) is 9.97 Å². The summed E-state index contributed by atoms with van der Waals surface area (Å²) in [4.78, 5) is 23.7. The fraction of sp³-hybridized carbons (Fsp3) is 0.333. The molecule has 0 radical (unpaired) electrons. The second kappa shape index (κ2) is 17.2. The van der Waals surface area contributed by atoms with Gasteiger partial charge in [-0.1, -0.05) is 66.7 Å². The summed E-state index contributed by atoms with van der Waals surface area (Å²) in [6.45, 7) is 4.31. The van der Waals surface area contributed by atoms with Crippen LogP contribution in [0.25, 0.3) is 22.6 Å². The second-order valence-corrected chi connectivity index (χ2v) is 11.4. The molecule has 1 aromatic heterocycles. The Balaban J connectivity index is 1.64. The molecule has 44 heavy (non-hydrogen) atoms. The van der Waals surface area contributed by atoms with Crippen LogP contribution in [0.5, 0.6) is 0 Å². The molecule has 0 fully saturated rings. The SMILES string of the molecule is CNCc1c(Nc2ccccc2)nc(-c2ccc(/C=N/CCCN(C)C)cc2)nc1-c1ccc(/C=N\CCCN(C)C)cc1. The molecule has 0 aliphatic rings. The van der Waals surface area contributed by atoms with Crippen LogP contribution in [-0.4, -0.2) is 93.6 Å². The van der Waals surface area contributed by atoms with Gasteiger partial charge in [0, 0.05) is 54.4 Å². The van der Waals surface area contributed by atoms with Crippen LogP contribution in [0.1, 0.15) is 29.5 Å². The highest BCUT2D eigenvalue weighted by Crippen LogP contribution is 2.31. The minimum atomic E-state index is 0.614. The minimum Gasteiger partial charge on any atom is -0.340 e. The lowest BCUT2D eigenvalue weighted by molar-refractivity contribution is 0.403. The van der Waals surface area contributed by atoms with Gasteiger partial charge in [0.15, 0.2) is 5.82 Å². The van der Waals surface area contributed by atoms with Crippen LogP contribution in [0.4, 0.5) is 11.5 Å². The number of aromatic nitrogens is 2. The molecule has 230 valence electrons. The van der Waals surface area contributed by atoms with Crippen molar-refractivity contribution in [3.8, 4) is 22.6 Å². The van der Waals surface area contributed by atoms with Crippen molar-refractivity contribution in [1.82, 2.24) is 25.1 Å². The molecule has 0 spiro atoms. The van der Waals surface area contributed by atoms with E-state index in [1.165, 1.54) is 0 Å². The van der Waals surface area contributed by atoms with E-state index in [0.717, 1.165) is 84.0 Å². The fourth-order valence-corrected chi connectivity index (χ4v) is 4.70. The second-order valence-electron chi connectivity index (χ2n) is 11.4. The third-order valence-electron chi connectivity index (χ3n) is 7.02. The van der Waals surface area contributed by atoms with Crippen molar-refractivity contribution in [2.24, 2.45) is 9.98 Å². The molecule has 0 unspecified atom stereocenters. The Labute approximate surface area is 263 Å². The molecule has 0 bridgehead atoms. The number of benzene rings is 3. The molecule has 0 saturated heterocycles. The molecule has 0 atom stereocenters. The first-order valence-electron chi connectivity index (χ1n) is 15.3. The lowest BCUT2D eigenvalue weighted by atomic mass is 10.0. The Morgan fingerprint density at radius 1 is 0.682 bits per heavy atom. The van der Waals surface area contributed by atoms with E-state index < -0.39 is 0 Å². The Morgan fingerprint density at radius 2 is 1.23 bits per heavy atom. The van der Waals surface area contributed by atoms with E-state index in [2.05, 4.69) is 107 Å². The zero-order valence-corrected chi connectivity index (χ0v) is 26.8. The molecule has 2 N–H and O–H groups in total. The summed E-state index contributed by atoms with van der Waals surface area (Å²) in [5.74, 6) is 1.45. The lowest BCUT2D eigenvalue weighted by Crippen LogP contribution is -2.13. The van der Waals surface area contributed by atoms with Crippen molar-refractivity contribution < 1.29 is 0 Å². The summed E-state index contributed by atoms with van der Waals surface area (Å²) < 4.78 is 0. The topological polar surface area (TPSA) is 81.0 Å². The maximum atomic E-state index is 5.13. The lowest BCUT2D eigenvalue weighted by Gasteiger charge is -2.17. The highest BCUT2D eigenvalue weighted by atomic mass is 15.1. The van der Waals surface area contributed by atoms with Crippen molar-refractivity contribution >= 4 is 23.9 Å². The Morgan fingerprint density at radius 3 is 1.75 bits per heavy atom. The van der Waals surface area contributed by atoms with E-state index in [1.807, 2.05) is 49.8 Å². The van der Waals surface area contributed by atoms with E-state index >= 15 is 0 Å².